The lowest BCUT2D eigenvalue weighted by molar-refractivity contribution is -0.121. The average Bonchev–Trinajstić information content (AvgIpc) is 2.51. The van der Waals surface area contributed by atoms with Gasteiger partial charge in [-0.2, -0.15) is 0 Å². The smallest absolute Gasteiger partial charge is 0.251 e. The molecule has 0 fully saturated rings. The summed E-state index contributed by atoms with van der Waals surface area (Å²) in [5.74, 6) is -0.0369. The van der Waals surface area contributed by atoms with Crippen LogP contribution in [0.4, 0.5) is 0 Å². The molecule has 0 aliphatic carbocycles. The minimum atomic E-state index is -0.0703. The Bertz CT molecular complexity index is 461. The topological polar surface area (TPSA) is 70.2 Å². The third kappa shape index (κ3) is 6.90. The van der Waals surface area contributed by atoms with E-state index in [9.17, 15) is 9.59 Å². The van der Waals surface area contributed by atoms with Crippen molar-refractivity contribution in [1.82, 2.24) is 16.0 Å². The number of benzene rings is 1. The van der Waals surface area contributed by atoms with Gasteiger partial charge < -0.3 is 16.0 Å². The van der Waals surface area contributed by atoms with Crippen LogP contribution in [0.25, 0.3) is 0 Å². The van der Waals surface area contributed by atoms with E-state index in [0.717, 1.165) is 24.9 Å². The van der Waals surface area contributed by atoms with Gasteiger partial charge >= 0.3 is 0 Å². The number of amides is 2. The SMILES string of the molecule is CCCNC(=O)c1cccc(CNC(=O)CCCNC)c1. The van der Waals surface area contributed by atoms with E-state index >= 15 is 0 Å². The second-order valence-corrected chi connectivity index (χ2v) is 4.94. The van der Waals surface area contributed by atoms with Gasteiger partial charge in [0.1, 0.15) is 0 Å². The van der Waals surface area contributed by atoms with Crippen molar-refractivity contribution in [3.8, 4) is 0 Å². The quantitative estimate of drug-likeness (QED) is 0.603. The lowest BCUT2D eigenvalue weighted by Gasteiger charge is -2.08. The van der Waals surface area contributed by atoms with Crippen molar-refractivity contribution >= 4 is 11.8 Å². The summed E-state index contributed by atoms with van der Waals surface area (Å²) in [6.07, 6.45) is 2.24. The van der Waals surface area contributed by atoms with Crippen LogP contribution in [0.1, 0.15) is 42.1 Å². The fraction of sp³-hybridized carbons (Fsp3) is 0.500. The summed E-state index contributed by atoms with van der Waals surface area (Å²) in [7, 11) is 1.87. The predicted molar refractivity (Wildman–Crippen MR) is 84.1 cm³/mol. The average molecular weight is 291 g/mol. The first kappa shape index (κ1) is 17.2. The van der Waals surface area contributed by atoms with Crippen molar-refractivity contribution < 1.29 is 9.59 Å². The zero-order valence-corrected chi connectivity index (χ0v) is 12.9. The molecule has 1 aromatic carbocycles. The number of nitrogens with one attached hydrogen (secondary N) is 3. The summed E-state index contributed by atoms with van der Waals surface area (Å²) in [4.78, 5) is 23.5. The van der Waals surface area contributed by atoms with E-state index in [1.807, 2.05) is 32.2 Å². The normalized spacial score (nSPS) is 10.2. The summed E-state index contributed by atoms with van der Waals surface area (Å²) < 4.78 is 0. The summed E-state index contributed by atoms with van der Waals surface area (Å²) >= 11 is 0. The first-order chi connectivity index (χ1) is 10.2. The Balaban J connectivity index is 2.45. The molecular weight excluding hydrogens is 266 g/mol. The fourth-order valence-corrected chi connectivity index (χ4v) is 1.88. The van der Waals surface area contributed by atoms with Crippen molar-refractivity contribution in [1.29, 1.82) is 0 Å². The molecule has 0 unspecified atom stereocenters. The molecule has 0 atom stereocenters. The van der Waals surface area contributed by atoms with Crippen LogP contribution in [0, 0.1) is 0 Å². The van der Waals surface area contributed by atoms with Gasteiger partial charge in [0, 0.05) is 25.1 Å². The van der Waals surface area contributed by atoms with E-state index < -0.39 is 0 Å². The third-order valence-corrected chi connectivity index (χ3v) is 3.05. The van der Waals surface area contributed by atoms with Gasteiger partial charge in [-0.15, -0.1) is 0 Å². The fourth-order valence-electron chi connectivity index (χ4n) is 1.88. The van der Waals surface area contributed by atoms with E-state index in [0.29, 0.717) is 25.1 Å². The molecule has 5 nitrogen and oxygen atoms in total. The van der Waals surface area contributed by atoms with Crippen molar-refractivity contribution in [3.05, 3.63) is 35.4 Å². The molecule has 2 amide bonds. The first-order valence-corrected chi connectivity index (χ1v) is 7.45. The van der Waals surface area contributed by atoms with Gasteiger partial charge in [0.2, 0.25) is 5.91 Å². The molecule has 21 heavy (non-hydrogen) atoms. The molecule has 116 valence electrons. The molecule has 0 aliphatic heterocycles. The molecule has 0 aromatic heterocycles. The highest BCUT2D eigenvalue weighted by atomic mass is 16.2. The molecule has 0 saturated carbocycles. The predicted octanol–water partition coefficient (Wildman–Crippen LogP) is 1.44. The summed E-state index contributed by atoms with van der Waals surface area (Å²) in [5, 5.41) is 8.72. The zero-order valence-electron chi connectivity index (χ0n) is 12.9. The van der Waals surface area contributed by atoms with Crippen LogP contribution < -0.4 is 16.0 Å². The second-order valence-electron chi connectivity index (χ2n) is 4.94. The Morgan fingerprint density at radius 1 is 1.14 bits per heavy atom. The van der Waals surface area contributed by atoms with Crippen molar-refractivity contribution in [3.63, 3.8) is 0 Å². The Morgan fingerprint density at radius 3 is 2.67 bits per heavy atom. The van der Waals surface area contributed by atoms with Crippen LogP contribution in [0.15, 0.2) is 24.3 Å². The van der Waals surface area contributed by atoms with Gasteiger partial charge in [-0.3, -0.25) is 9.59 Å². The van der Waals surface area contributed by atoms with Crippen LogP contribution in [-0.2, 0) is 11.3 Å². The highest BCUT2D eigenvalue weighted by molar-refractivity contribution is 5.94. The van der Waals surface area contributed by atoms with Crippen molar-refractivity contribution in [2.24, 2.45) is 0 Å². The molecular formula is C16H25N3O2. The van der Waals surface area contributed by atoms with Crippen LogP contribution >= 0.6 is 0 Å². The molecule has 0 heterocycles. The van der Waals surface area contributed by atoms with Crippen LogP contribution in [-0.4, -0.2) is 32.0 Å². The number of rotatable bonds is 9. The standard InChI is InChI=1S/C16H25N3O2/c1-3-9-18-16(21)14-7-4-6-13(11-14)12-19-15(20)8-5-10-17-2/h4,6-7,11,17H,3,5,8-10,12H2,1-2H3,(H,18,21)(H,19,20). The molecule has 3 N–H and O–H groups in total. The third-order valence-electron chi connectivity index (χ3n) is 3.05. The van der Waals surface area contributed by atoms with Gasteiger partial charge in [-0.1, -0.05) is 19.1 Å². The highest BCUT2D eigenvalue weighted by Gasteiger charge is 2.06. The van der Waals surface area contributed by atoms with Crippen molar-refractivity contribution in [2.75, 3.05) is 20.1 Å². The van der Waals surface area contributed by atoms with E-state index in [2.05, 4.69) is 16.0 Å². The van der Waals surface area contributed by atoms with E-state index in [-0.39, 0.29) is 11.8 Å². The van der Waals surface area contributed by atoms with E-state index in [1.165, 1.54) is 0 Å². The van der Waals surface area contributed by atoms with E-state index in [4.69, 9.17) is 0 Å². The lowest BCUT2D eigenvalue weighted by Crippen LogP contribution is -2.25. The first-order valence-electron chi connectivity index (χ1n) is 7.45. The molecule has 0 aliphatic rings. The molecule has 0 radical (unpaired) electrons. The lowest BCUT2D eigenvalue weighted by atomic mass is 10.1. The zero-order chi connectivity index (χ0) is 15.5. The maximum absolute atomic E-state index is 11.9. The number of carbonyl (C=O) groups excluding carboxylic acids is 2. The molecule has 0 bridgehead atoms. The Hall–Kier alpha value is -1.88. The van der Waals surface area contributed by atoms with Gasteiger partial charge in [0.15, 0.2) is 0 Å². The minimum Gasteiger partial charge on any atom is -0.352 e. The maximum Gasteiger partial charge on any atom is 0.251 e. The Kier molecular flexibility index (Phi) is 8.12. The maximum atomic E-state index is 11.9. The molecule has 1 aromatic rings. The van der Waals surface area contributed by atoms with Gasteiger partial charge in [0.05, 0.1) is 0 Å². The van der Waals surface area contributed by atoms with Crippen molar-refractivity contribution in [2.45, 2.75) is 32.7 Å². The second kappa shape index (κ2) is 9.94. The largest absolute Gasteiger partial charge is 0.352 e. The molecule has 0 spiro atoms. The molecule has 5 heteroatoms. The molecule has 1 rings (SSSR count). The van der Waals surface area contributed by atoms with Crippen LogP contribution in [0.5, 0.6) is 0 Å². The van der Waals surface area contributed by atoms with Gasteiger partial charge in [-0.05, 0) is 44.1 Å². The Morgan fingerprint density at radius 2 is 1.95 bits per heavy atom. The summed E-state index contributed by atoms with van der Waals surface area (Å²) in [6, 6.07) is 7.34. The van der Waals surface area contributed by atoms with Gasteiger partial charge in [0.25, 0.3) is 5.91 Å². The van der Waals surface area contributed by atoms with Crippen LogP contribution in [0.2, 0.25) is 0 Å². The molecule has 0 saturated heterocycles. The summed E-state index contributed by atoms with van der Waals surface area (Å²) in [6.45, 7) is 3.97. The number of hydrogen-bond donors (Lipinski definition) is 3. The van der Waals surface area contributed by atoms with Crippen LogP contribution in [0.3, 0.4) is 0 Å². The number of carbonyl (C=O) groups is 2. The highest BCUT2D eigenvalue weighted by Crippen LogP contribution is 2.05. The monoisotopic (exact) mass is 291 g/mol. The summed E-state index contributed by atoms with van der Waals surface area (Å²) in [5.41, 5.74) is 1.56. The minimum absolute atomic E-state index is 0.0334. The van der Waals surface area contributed by atoms with Gasteiger partial charge in [-0.25, -0.2) is 0 Å². The van der Waals surface area contributed by atoms with E-state index in [1.54, 1.807) is 6.07 Å². The number of hydrogen-bond acceptors (Lipinski definition) is 3. The Labute approximate surface area is 126 Å².